The van der Waals surface area contributed by atoms with Gasteiger partial charge in [0.15, 0.2) is 0 Å². The van der Waals surface area contributed by atoms with Crippen molar-refractivity contribution in [3.8, 4) is 0 Å². The van der Waals surface area contributed by atoms with Gasteiger partial charge in [-0.05, 0) is 12.5 Å². The van der Waals surface area contributed by atoms with Crippen molar-refractivity contribution >= 4 is 28.3 Å². The van der Waals surface area contributed by atoms with Gasteiger partial charge >= 0.3 is 5.97 Å². The van der Waals surface area contributed by atoms with E-state index < -0.39 is 16.8 Å². The summed E-state index contributed by atoms with van der Waals surface area (Å²) in [5.74, 6) is -0.218. The van der Waals surface area contributed by atoms with Gasteiger partial charge in [-0.25, -0.2) is 9.78 Å². The van der Waals surface area contributed by atoms with Gasteiger partial charge < -0.3 is 16.2 Å². The maximum atomic E-state index is 10.9. The van der Waals surface area contributed by atoms with E-state index in [-0.39, 0.29) is 11.4 Å². The first-order valence-corrected chi connectivity index (χ1v) is 6.76. The third kappa shape index (κ3) is 4.39. The number of nitrogens with one attached hydrogen (secondary N) is 1. The summed E-state index contributed by atoms with van der Waals surface area (Å²) in [6, 6.07) is 1.36. The Bertz CT molecular complexity index is 437. The molecule has 1 heterocycles. The molecule has 0 bridgehead atoms. The van der Waals surface area contributed by atoms with E-state index in [0.717, 1.165) is 0 Å². The second kappa shape index (κ2) is 6.19. The van der Waals surface area contributed by atoms with Gasteiger partial charge in [0.1, 0.15) is 11.4 Å². The van der Waals surface area contributed by atoms with Crippen LogP contribution in [0.2, 0.25) is 0 Å². The van der Waals surface area contributed by atoms with Crippen LogP contribution in [-0.2, 0) is 10.8 Å². The molecule has 0 fully saturated rings. The van der Waals surface area contributed by atoms with Gasteiger partial charge in [-0.3, -0.25) is 4.21 Å². The van der Waals surface area contributed by atoms with Crippen molar-refractivity contribution in [2.24, 2.45) is 0 Å². The molecular weight excluding hydrogens is 242 g/mol. The number of rotatable bonds is 6. The minimum Gasteiger partial charge on any atom is -0.478 e. The number of hydrogen-bond donors (Lipinski definition) is 3. The van der Waals surface area contributed by atoms with E-state index in [1.807, 2.05) is 0 Å². The smallest absolute Gasteiger partial charge is 0.339 e. The number of carboxylic acids is 1. The zero-order valence-electron chi connectivity index (χ0n) is 9.47. The van der Waals surface area contributed by atoms with Crippen LogP contribution in [0.25, 0.3) is 0 Å². The van der Waals surface area contributed by atoms with Crippen molar-refractivity contribution in [2.75, 3.05) is 29.6 Å². The number of nitrogens with two attached hydrogens (primary N) is 1. The molecule has 1 aromatic rings. The number of pyridine rings is 1. The summed E-state index contributed by atoms with van der Waals surface area (Å²) in [7, 11) is -0.838. The summed E-state index contributed by atoms with van der Waals surface area (Å²) in [6.07, 6.45) is 3.71. The molecule has 94 valence electrons. The molecule has 0 spiro atoms. The lowest BCUT2D eigenvalue weighted by atomic mass is 10.2. The topological polar surface area (TPSA) is 105 Å². The average molecular weight is 257 g/mol. The van der Waals surface area contributed by atoms with Crippen molar-refractivity contribution in [3.63, 3.8) is 0 Å². The Morgan fingerprint density at radius 1 is 1.65 bits per heavy atom. The molecule has 0 aliphatic heterocycles. The lowest BCUT2D eigenvalue weighted by Crippen LogP contribution is -2.12. The molecule has 1 rings (SSSR count). The Morgan fingerprint density at radius 2 is 2.35 bits per heavy atom. The first-order chi connectivity index (χ1) is 8.00. The second-order valence-corrected chi connectivity index (χ2v) is 5.08. The fraction of sp³-hybridized carbons (Fsp3) is 0.400. The fourth-order valence-electron chi connectivity index (χ4n) is 1.27. The van der Waals surface area contributed by atoms with Crippen molar-refractivity contribution < 1.29 is 14.1 Å². The lowest BCUT2D eigenvalue weighted by molar-refractivity contribution is 0.0697. The number of carbonyl (C=O) groups is 1. The second-order valence-electron chi connectivity index (χ2n) is 3.53. The summed E-state index contributed by atoms with van der Waals surface area (Å²) in [4.78, 5) is 14.9. The number of carboxylic acid groups (broad SMARTS) is 1. The maximum Gasteiger partial charge on any atom is 0.339 e. The highest BCUT2D eigenvalue weighted by atomic mass is 32.2. The zero-order valence-corrected chi connectivity index (χ0v) is 10.3. The molecule has 1 unspecified atom stereocenters. The average Bonchev–Trinajstić information content (AvgIpc) is 2.25. The van der Waals surface area contributed by atoms with Crippen molar-refractivity contribution in [1.82, 2.24) is 4.98 Å². The molecular formula is C10H15N3O3S. The summed E-state index contributed by atoms with van der Waals surface area (Å²) in [5.41, 5.74) is 5.82. The van der Waals surface area contributed by atoms with E-state index in [4.69, 9.17) is 10.8 Å². The quantitative estimate of drug-likeness (QED) is 0.642. The van der Waals surface area contributed by atoms with E-state index in [2.05, 4.69) is 10.3 Å². The predicted octanol–water partition coefficient (Wildman–Crippen LogP) is 0.542. The van der Waals surface area contributed by atoms with Crippen LogP contribution in [0.1, 0.15) is 16.8 Å². The third-order valence-electron chi connectivity index (χ3n) is 2.04. The largest absolute Gasteiger partial charge is 0.478 e. The van der Waals surface area contributed by atoms with Crippen molar-refractivity contribution in [3.05, 3.63) is 17.8 Å². The van der Waals surface area contributed by atoms with Crippen LogP contribution >= 0.6 is 0 Å². The van der Waals surface area contributed by atoms with Gasteiger partial charge in [-0.1, -0.05) is 0 Å². The highest BCUT2D eigenvalue weighted by Gasteiger charge is 2.11. The molecule has 0 saturated carbocycles. The number of anilines is 2. The highest BCUT2D eigenvalue weighted by molar-refractivity contribution is 7.84. The standard InChI is InChI=1S/C10H15N3O3S/c1-17(16)4-2-3-12-9-8(10(14)15)5-7(11)6-13-9/h5-6H,2-4,11H2,1H3,(H,12,13)(H,14,15). The van der Waals surface area contributed by atoms with Gasteiger partial charge in [0, 0.05) is 29.4 Å². The van der Waals surface area contributed by atoms with E-state index in [0.29, 0.717) is 24.4 Å². The number of aromatic nitrogens is 1. The number of hydrogen-bond acceptors (Lipinski definition) is 5. The molecule has 7 heteroatoms. The van der Waals surface area contributed by atoms with Crippen molar-refractivity contribution in [2.45, 2.75) is 6.42 Å². The Morgan fingerprint density at radius 3 is 2.94 bits per heavy atom. The third-order valence-corrected chi connectivity index (χ3v) is 2.90. The van der Waals surface area contributed by atoms with Gasteiger partial charge in [0.2, 0.25) is 0 Å². The molecule has 0 aromatic carbocycles. The minimum absolute atomic E-state index is 0.0441. The summed E-state index contributed by atoms with van der Waals surface area (Å²) in [5, 5.41) is 11.8. The van der Waals surface area contributed by atoms with Crippen LogP contribution in [0.3, 0.4) is 0 Å². The van der Waals surface area contributed by atoms with Gasteiger partial charge in [0.05, 0.1) is 11.9 Å². The molecule has 1 aromatic heterocycles. The summed E-state index contributed by atoms with van der Waals surface area (Å²) in [6.45, 7) is 0.525. The van der Waals surface area contributed by atoms with E-state index in [9.17, 15) is 9.00 Å². The van der Waals surface area contributed by atoms with Crippen LogP contribution < -0.4 is 11.1 Å². The monoisotopic (exact) mass is 257 g/mol. The van der Waals surface area contributed by atoms with Crippen LogP contribution in [0, 0.1) is 0 Å². The molecule has 6 nitrogen and oxygen atoms in total. The molecule has 4 N–H and O–H groups in total. The molecule has 0 amide bonds. The van der Waals surface area contributed by atoms with Crippen LogP contribution in [0.5, 0.6) is 0 Å². The predicted molar refractivity (Wildman–Crippen MR) is 67.6 cm³/mol. The van der Waals surface area contributed by atoms with E-state index in [1.54, 1.807) is 6.26 Å². The van der Waals surface area contributed by atoms with Gasteiger partial charge in [-0.15, -0.1) is 0 Å². The number of aromatic carboxylic acids is 1. The highest BCUT2D eigenvalue weighted by Crippen LogP contribution is 2.15. The number of nitrogen functional groups attached to an aromatic ring is 1. The van der Waals surface area contributed by atoms with Crippen LogP contribution in [0.4, 0.5) is 11.5 Å². The van der Waals surface area contributed by atoms with Crippen LogP contribution in [-0.4, -0.2) is 38.8 Å². The Kier molecular flexibility index (Phi) is 4.89. The number of nitrogens with zero attached hydrogens (tertiary/aromatic N) is 1. The Labute approximate surface area is 102 Å². The normalized spacial score (nSPS) is 12.1. The molecule has 0 radical (unpaired) electrons. The molecule has 0 saturated heterocycles. The minimum atomic E-state index is -1.08. The molecule has 1 atom stereocenters. The zero-order chi connectivity index (χ0) is 12.8. The van der Waals surface area contributed by atoms with Gasteiger partial charge in [0.25, 0.3) is 0 Å². The van der Waals surface area contributed by atoms with Crippen LogP contribution in [0.15, 0.2) is 12.3 Å². The van der Waals surface area contributed by atoms with E-state index >= 15 is 0 Å². The Hall–Kier alpha value is -1.63. The van der Waals surface area contributed by atoms with Gasteiger partial charge in [-0.2, -0.15) is 0 Å². The molecule has 0 aliphatic carbocycles. The Balaban J connectivity index is 2.64. The molecule has 17 heavy (non-hydrogen) atoms. The summed E-state index contributed by atoms with van der Waals surface area (Å²) >= 11 is 0. The van der Waals surface area contributed by atoms with Crippen molar-refractivity contribution in [1.29, 1.82) is 0 Å². The van der Waals surface area contributed by atoms with E-state index in [1.165, 1.54) is 12.3 Å². The first-order valence-electron chi connectivity index (χ1n) is 5.03. The first kappa shape index (κ1) is 13.4. The SMILES string of the molecule is CS(=O)CCCNc1ncc(N)cc1C(=O)O. The summed E-state index contributed by atoms with van der Waals surface area (Å²) < 4.78 is 10.8. The fourth-order valence-corrected chi connectivity index (χ4v) is 1.82. The maximum absolute atomic E-state index is 10.9. The molecule has 0 aliphatic rings. The lowest BCUT2D eigenvalue weighted by Gasteiger charge is -2.08.